The van der Waals surface area contributed by atoms with E-state index in [0.29, 0.717) is 5.96 Å². The van der Waals surface area contributed by atoms with Crippen LogP contribution in [0.5, 0.6) is 0 Å². The number of aliphatic imine (C=N–C) groups is 1. The van der Waals surface area contributed by atoms with Crippen molar-refractivity contribution in [2.75, 3.05) is 20.1 Å². The van der Waals surface area contributed by atoms with Crippen molar-refractivity contribution in [1.29, 1.82) is 0 Å². The van der Waals surface area contributed by atoms with Gasteiger partial charge in [-0.2, -0.15) is 0 Å². The second kappa shape index (κ2) is 9.92. The summed E-state index contributed by atoms with van der Waals surface area (Å²) in [6.07, 6.45) is 4.74. The Bertz CT molecular complexity index is 645. The monoisotopic (exact) mass is 387 g/mol. The van der Waals surface area contributed by atoms with Crippen LogP contribution in [0.4, 0.5) is 0 Å². The van der Waals surface area contributed by atoms with Crippen molar-refractivity contribution in [3.63, 3.8) is 0 Å². The zero-order valence-electron chi connectivity index (χ0n) is 18.1. The van der Waals surface area contributed by atoms with Gasteiger partial charge in [-0.25, -0.2) is 0 Å². The van der Waals surface area contributed by atoms with Crippen molar-refractivity contribution in [1.82, 2.24) is 21.3 Å². The van der Waals surface area contributed by atoms with Crippen molar-refractivity contribution in [3.8, 4) is 0 Å². The highest BCUT2D eigenvalue weighted by Gasteiger charge is 2.35. The van der Waals surface area contributed by atoms with E-state index in [-0.39, 0.29) is 29.6 Å². The van der Waals surface area contributed by atoms with Crippen molar-refractivity contribution < 1.29 is 4.79 Å². The number of carbonyl (C=O) groups is 1. The lowest BCUT2D eigenvalue weighted by Crippen LogP contribution is -2.55. The lowest BCUT2D eigenvalue weighted by Gasteiger charge is -2.35. The highest BCUT2D eigenvalue weighted by Crippen LogP contribution is 2.31. The van der Waals surface area contributed by atoms with Crippen molar-refractivity contribution in [2.24, 2.45) is 4.99 Å². The van der Waals surface area contributed by atoms with Gasteiger partial charge < -0.3 is 21.3 Å². The van der Waals surface area contributed by atoms with Crippen molar-refractivity contribution in [3.05, 3.63) is 35.9 Å². The van der Waals surface area contributed by atoms with Gasteiger partial charge in [-0.1, -0.05) is 43.2 Å². The Morgan fingerprint density at radius 3 is 2.36 bits per heavy atom. The minimum atomic E-state index is -0.235. The molecule has 1 unspecified atom stereocenters. The second-order valence-electron chi connectivity index (χ2n) is 8.84. The second-order valence-corrected chi connectivity index (χ2v) is 8.84. The predicted octanol–water partition coefficient (Wildman–Crippen LogP) is 2.73. The molecule has 4 N–H and O–H groups in total. The van der Waals surface area contributed by atoms with Crippen LogP contribution in [0.15, 0.2) is 35.3 Å². The molecule has 0 spiro atoms. The van der Waals surface area contributed by atoms with Crippen molar-refractivity contribution >= 4 is 11.9 Å². The van der Waals surface area contributed by atoms with E-state index in [1.807, 2.05) is 20.8 Å². The number of carbonyl (C=O) groups excluding carboxylic acids is 1. The van der Waals surface area contributed by atoms with E-state index >= 15 is 0 Å². The molecule has 2 rings (SSSR count). The maximum Gasteiger partial charge on any atom is 0.239 e. The number of hydrogen-bond acceptors (Lipinski definition) is 3. The van der Waals surface area contributed by atoms with Crippen LogP contribution >= 0.6 is 0 Å². The van der Waals surface area contributed by atoms with Crippen molar-refractivity contribution in [2.45, 2.75) is 70.5 Å². The summed E-state index contributed by atoms with van der Waals surface area (Å²) in [6, 6.07) is 10.8. The molecular formula is C22H37N5O. The first-order valence-corrected chi connectivity index (χ1v) is 10.3. The molecular weight excluding hydrogens is 350 g/mol. The van der Waals surface area contributed by atoms with E-state index in [1.165, 1.54) is 18.4 Å². The molecule has 0 bridgehead atoms. The highest BCUT2D eigenvalue weighted by molar-refractivity contribution is 5.86. The fourth-order valence-corrected chi connectivity index (χ4v) is 3.81. The first-order valence-electron chi connectivity index (χ1n) is 10.3. The Labute approximate surface area is 170 Å². The van der Waals surface area contributed by atoms with Gasteiger partial charge in [0.1, 0.15) is 0 Å². The van der Waals surface area contributed by atoms with E-state index in [4.69, 9.17) is 0 Å². The van der Waals surface area contributed by atoms with Crippen LogP contribution in [0, 0.1) is 0 Å². The largest absolute Gasteiger partial charge is 0.355 e. The predicted molar refractivity (Wildman–Crippen MR) is 116 cm³/mol. The Balaban J connectivity index is 1.89. The summed E-state index contributed by atoms with van der Waals surface area (Å²) < 4.78 is 0. The van der Waals surface area contributed by atoms with Gasteiger partial charge in [-0.3, -0.25) is 9.79 Å². The third-order valence-electron chi connectivity index (χ3n) is 5.13. The van der Waals surface area contributed by atoms with Gasteiger partial charge in [-0.05, 0) is 46.1 Å². The number of rotatable bonds is 7. The van der Waals surface area contributed by atoms with E-state index < -0.39 is 0 Å². The van der Waals surface area contributed by atoms with Crippen LogP contribution in [-0.2, 0) is 4.79 Å². The molecule has 0 aliphatic heterocycles. The van der Waals surface area contributed by atoms with Crippen LogP contribution in [0.1, 0.15) is 65.0 Å². The molecule has 1 aromatic carbocycles. The maximum atomic E-state index is 12.0. The summed E-state index contributed by atoms with van der Waals surface area (Å²) in [5.41, 5.74) is 1.11. The molecule has 1 atom stereocenters. The number of nitrogens with one attached hydrogen (secondary N) is 4. The molecule has 6 nitrogen and oxygen atoms in total. The topological polar surface area (TPSA) is 77.5 Å². The summed E-state index contributed by atoms with van der Waals surface area (Å²) in [5, 5.41) is 13.4. The molecule has 1 aliphatic rings. The molecule has 0 heterocycles. The molecule has 28 heavy (non-hydrogen) atoms. The summed E-state index contributed by atoms with van der Waals surface area (Å²) in [4.78, 5) is 16.3. The molecule has 0 saturated heterocycles. The summed E-state index contributed by atoms with van der Waals surface area (Å²) in [6.45, 7) is 9.13. The number of guanidine groups is 1. The Morgan fingerprint density at radius 1 is 1.14 bits per heavy atom. The van der Waals surface area contributed by atoms with Crippen LogP contribution in [0.2, 0.25) is 0 Å². The molecule has 1 saturated carbocycles. The molecule has 1 amide bonds. The first-order chi connectivity index (χ1) is 13.2. The number of amides is 1. The summed E-state index contributed by atoms with van der Waals surface area (Å²) >= 11 is 0. The standard InChI is InChI=1S/C22H37N5O/c1-17(18-11-7-6-8-12-18)26-22(13-9-10-14-22)16-25-20(23-5)24-15-19(28)27-21(2,3)4/h6-8,11-12,17,26H,9-10,13-16H2,1-5H3,(H,27,28)(H2,23,24,25). The Kier molecular flexibility index (Phi) is 7.87. The normalized spacial score (nSPS) is 17.8. The molecule has 0 radical (unpaired) electrons. The van der Waals surface area contributed by atoms with Crippen LogP contribution < -0.4 is 21.3 Å². The fraction of sp³-hybridized carbons (Fsp3) is 0.636. The number of nitrogens with zero attached hydrogens (tertiary/aromatic N) is 1. The highest BCUT2D eigenvalue weighted by atomic mass is 16.2. The lowest BCUT2D eigenvalue weighted by atomic mass is 9.94. The van der Waals surface area contributed by atoms with E-state index in [2.05, 4.69) is 63.5 Å². The zero-order valence-corrected chi connectivity index (χ0v) is 18.1. The average Bonchev–Trinajstić information content (AvgIpc) is 3.09. The van der Waals surface area contributed by atoms with Gasteiger partial charge in [0.2, 0.25) is 5.91 Å². The minimum absolute atomic E-state index is 0.0399. The molecule has 6 heteroatoms. The third kappa shape index (κ3) is 7.15. The first kappa shape index (κ1) is 22.2. The number of hydrogen-bond donors (Lipinski definition) is 4. The van der Waals surface area contributed by atoms with E-state index in [1.54, 1.807) is 7.05 Å². The van der Waals surface area contributed by atoms with Gasteiger partial charge in [-0.15, -0.1) is 0 Å². The minimum Gasteiger partial charge on any atom is -0.355 e. The third-order valence-corrected chi connectivity index (χ3v) is 5.13. The summed E-state index contributed by atoms with van der Waals surface area (Å²) in [7, 11) is 1.73. The Morgan fingerprint density at radius 2 is 1.79 bits per heavy atom. The van der Waals surface area contributed by atoms with E-state index in [0.717, 1.165) is 19.4 Å². The van der Waals surface area contributed by atoms with Crippen LogP contribution in [0.25, 0.3) is 0 Å². The SMILES string of the molecule is CN=C(NCC(=O)NC(C)(C)C)NCC1(NC(C)c2ccccc2)CCCC1. The van der Waals surface area contributed by atoms with Crippen LogP contribution in [0.3, 0.4) is 0 Å². The molecule has 1 aromatic rings. The Hall–Kier alpha value is -2.08. The molecule has 0 aromatic heterocycles. The van der Waals surface area contributed by atoms with Gasteiger partial charge in [0.15, 0.2) is 5.96 Å². The van der Waals surface area contributed by atoms with Gasteiger partial charge in [0.05, 0.1) is 6.54 Å². The number of benzene rings is 1. The fourth-order valence-electron chi connectivity index (χ4n) is 3.81. The molecule has 156 valence electrons. The maximum absolute atomic E-state index is 12.0. The van der Waals surface area contributed by atoms with E-state index in [9.17, 15) is 4.79 Å². The lowest BCUT2D eigenvalue weighted by molar-refractivity contribution is -0.121. The average molecular weight is 388 g/mol. The van der Waals surface area contributed by atoms with Crippen LogP contribution in [-0.4, -0.2) is 43.1 Å². The van der Waals surface area contributed by atoms with Gasteiger partial charge in [0, 0.05) is 30.7 Å². The smallest absolute Gasteiger partial charge is 0.239 e. The van der Waals surface area contributed by atoms with Gasteiger partial charge >= 0.3 is 0 Å². The van der Waals surface area contributed by atoms with Gasteiger partial charge in [0.25, 0.3) is 0 Å². The summed E-state index contributed by atoms with van der Waals surface area (Å²) in [5.74, 6) is 0.617. The quantitative estimate of drug-likeness (QED) is 0.429. The zero-order chi connectivity index (χ0) is 20.6. The molecule has 1 fully saturated rings. The molecule has 1 aliphatic carbocycles.